The van der Waals surface area contributed by atoms with Gasteiger partial charge in [0.05, 0.1) is 11.2 Å². The molecule has 0 fully saturated rings. The molecule has 0 bridgehead atoms. The van der Waals surface area contributed by atoms with Crippen LogP contribution in [0.1, 0.15) is 130 Å². The Morgan fingerprint density at radius 1 is 0.432 bits per heavy atom. The summed E-state index contributed by atoms with van der Waals surface area (Å²) in [5, 5.41) is 10.6. The molecule has 0 saturated heterocycles. The Balaban J connectivity index is 0.983. The average Bonchev–Trinajstić information content (AvgIpc) is 3.79. The first-order valence-electron chi connectivity index (χ1n) is 29.0. The fourth-order valence-corrected chi connectivity index (χ4v) is 15.3. The quantitative estimate of drug-likeness (QED) is 0.168. The molecule has 3 nitrogen and oxygen atoms in total. The summed E-state index contributed by atoms with van der Waals surface area (Å²) in [5.74, 6) is 0. The van der Waals surface area contributed by atoms with E-state index < -0.39 is 0 Å². The second-order valence-electron chi connectivity index (χ2n) is 27.8. The van der Waals surface area contributed by atoms with Crippen molar-refractivity contribution in [2.75, 3.05) is 10.2 Å². The lowest BCUT2D eigenvalue weighted by atomic mass is 9.63. The molecule has 1 N–H and O–H groups in total. The van der Waals surface area contributed by atoms with Gasteiger partial charge in [0.25, 0.3) is 0 Å². The molecule has 0 unspecified atom stereocenters. The van der Waals surface area contributed by atoms with E-state index in [4.69, 9.17) is 0 Å². The fourth-order valence-electron chi connectivity index (χ4n) is 13.1. The van der Waals surface area contributed by atoms with Gasteiger partial charge in [0.1, 0.15) is 0 Å². The van der Waals surface area contributed by atoms with Crippen LogP contribution in [0.25, 0.3) is 80.0 Å². The van der Waals surface area contributed by atoms with Crippen molar-refractivity contribution in [2.24, 2.45) is 0 Å². The van der Waals surface area contributed by atoms with Crippen molar-refractivity contribution in [1.82, 2.24) is 4.57 Å². The van der Waals surface area contributed by atoms with Gasteiger partial charge in [-0.25, -0.2) is 0 Å². The lowest BCUT2D eigenvalue weighted by Gasteiger charge is -2.29. The van der Waals surface area contributed by atoms with Crippen LogP contribution in [0.5, 0.6) is 0 Å². The smallest absolute Gasteiger partial charge is 0.211 e. The molecule has 6 heteroatoms. The number of hydrogen-bond acceptors (Lipinski definition) is 4. The Labute approximate surface area is 487 Å². The molecule has 14 rings (SSSR count). The summed E-state index contributed by atoms with van der Waals surface area (Å²) < 4.78 is 7.92. The molecule has 3 aromatic heterocycles. The maximum absolute atomic E-state index is 4.07. The Kier molecular flexibility index (Phi) is 11.4. The number of nitrogens with zero attached hydrogens (tertiary/aromatic N) is 2. The summed E-state index contributed by atoms with van der Waals surface area (Å²) in [6.07, 6.45) is 0. The average molecular weight is 1090 g/mol. The molecule has 1 radical (unpaired) electrons. The highest BCUT2D eigenvalue weighted by Crippen LogP contribution is 2.54. The van der Waals surface area contributed by atoms with E-state index in [-0.39, 0.29) is 27.1 Å². The summed E-state index contributed by atoms with van der Waals surface area (Å²) in [4.78, 5) is 2.45. The molecule has 0 saturated carbocycles. The van der Waals surface area contributed by atoms with Crippen LogP contribution < -0.4 is 20.5 Å². The maximum atomic E-state index is 4.07. The van der Waals surface area contributed by atoms with Gasteiger partial charge in [-0.2, -0.15) is 0 Å². The van der Waals surface area contributed by atoms with Crippen molar-refractivity contribution in [3.63, 3.8) is 0 Å². The van der Waals surface area contributed by atoms with Crippen molar-refractivity contribution in [3.8, 4) is 27.9 Å². The van der Waals surface area contributed by atoms with Gasteiger partial charge in [-0.05, 0) is 173 Å². The Morgan fingerprint density at radius 2 is 1.00 bits per heavy atom. The van der Waals surface area contributed by atoms with Crippen molar-refractivity contribution < 1.29 is 0 Å². The first-order chi connectivity index (χ1) is 38.4. The lowest BCUT2D eigenvalue weighted by molar-refractivity contribution is 0.590. The van der Waals surface area contributed by atoms with Crippen LogP contribution in [0.2, 0.25) is 0 Å². The largest absolute Gasteiger partial charge is 0.355 e. The Bertz CT molecular complexity index is 4500. The van der Waals surface area contributed by atoms with Crippen molar-refractivity contribution in [1.29, 1.82) is 0 Å². The second-order valence-corrected chi connectivity index (χ2v) is 30.0. The molecule has 0 atom stereocenters. The molecule has 1 aliphatic heterocycles. The zero-order valence-electron chi connectivity index (χ0n) is 49.5. The van der Waals surface area contributed by atoms with Gasteiger partial charge in [0.15, 0.2) is 0 Å². The highest BCUT2D eigenvalue weighted by molar-refractivity contribution is 7.29. The van der Waals surface area contributed by atoms with E-state index in [1.807, 2.05) is 22.7 Å². The van der Waals surface area contributed by atoms with Crippen LogP contribution >= 0.6 is 22.7 Å². The summed E-state index contributed by atoms with van der Waals surface area (Å²) >= 11 is 3.82. The molecule has 12 aromatic rings. The van der Waals surface area contributed by atoms with E-state index in [9.17, 15) is 0 Å². The molecule has 0 spiro atoms. The molecule has 2 aliphatic rings. The van der Waals surface area contributed by atoms with Crippen molar-refractivity contribution in [2.45, 2.75) is 124 Å². The van der Waals surface area contributed by atoms with E-state index in [0.29, 0.717) is 0 Å². The van der Waals surface area contributed by atoms with Gasteiger partial charge in [-0.3, -0.25) is 0 Å². The molecule has 401 valence electrons. The predicted molar refractivity (Wildman–Crippen MR) is 356 cm³/mol. The van der Waals surface area contributed by atoms with Crippen LogP contribution in [0.3, 0.4) is 0 Å². The molecule has 9 aromatic carbocycles. The summed E-state index contributed by atoms with van der Waals surface area (Å²) in [6.45, 7) is 32.5. The zero-order chi connectivity index (χ0) is 56.4. The molecule has 1 aliphatic carbocycles. The molecular formula is C75H71BN3S2. The van der Waals surface area contributed by atoms with Gasteiger partial charge in [0, 0.05) is 86.0 Å². The summed E-state index contributed by atoms with van der Waals surface area (Å²) in [7, 11) is 2.53. The Morgan fingerprint density at radius 3 is 1.64 bits per heavy atom. The normalized spacial score (nSPS) is 14.0. The number of benzene rings is 9. The van der Waals surface area contributed by atoms with Gasteiger partial charge >= 0.3 is 0 Å². The molecule has 81 heavy (non-hydrogen) atoms. The number of aromatic nitrogens is 1. The number of nitrogens with one attached hydrogen (secondary N) is 1. The number of rotatable bonds is 6. The first-order valence-corrected chi connectivity index (χ1v) is 30.6. The zero-order valence-corrected chi connectivity index (χ0v) is 51.1. The maximum Gasteiger partial charge on any atom is 0.211 e. The highest BCUT2D eigenvalue weighted by Gasteiger charge is 2.39. The SMILES string of the molecule is CC(C)(C)c1ccc(Nc2cc3c(cc2-c2ccc4c5cc6sc7ccccc7c6cc5n5c4c2[B]c2sc4ccc(C(C)(C)C)cc4c2-5)C(C)(C)c2cc(N(c4ccc(C(C)(C)C)cc4)c4ccc(C(C)(C)C)cc4)ccc2-3)cc1. The van der Waals surface area contributed by atoms with Gasteiger partial charge in [-0.15, -0.1) is 22.7 Å². The van der Waals surface area contributed by atoms with E-state index in [1.54, 1.807) is 0 Å². The van der Waals surface area contributed by atoms with E-state index in [1.165, 1.54) is 124 Å². The van der Waals surface area contributed by atoms with Crippen LogP contribution in [-0.4, -0.2) is 11.8 Å². The van der Waals surface area contributed by atoms with Crippen LogP contribution in [0, 0.1) is 0 Å². The molecular weight excluding hydrogens is 1020 g/mol. The van der Waals surface area contributed by atoms with Crippen LogP contribution in [0.4, 0.5) is 28.4 Å². The summed E-state index contributed by atoms with van der Waals surface area (Å²) in [5.41, 5.74) is 23.5. The van der Waals surface area contributed by atoms with Crippen LogP contribution in [-0.2, 0) is 27.1 Å². The first kappa shape index (κ1) is 51.8. The minimum absolute atomic E-state index is 0.0114. The fraction of sp³-hybridized carbons (Fsp3) is 0.253. The standard InChI is InChI=1S/C75H71BN3S2/c1-71(2,3)43-19-26-47(27-20-43)77-62-40-55-51-33-32-50(78(48-28-21-44(22-29-48)72(4,5)6)49-30-23-45(24-31-49)73(7,8)9)38-60(51)75(13,14)61(55)39-56(62)53-34-35-54-57-42-66-58(52-17-15-16-18-64(52)80-66)41-63(57)79-68(54)67(53)76-70-69(79)59-37-46(74(10,11)12)25-36-65(59)81-70/h15-42,77H,1-14H3. The van der Waals surface area contributed by atoms with E-state index in [0.717, 1.165) is 28.4 Å². The number of anilines is 5. The van der Waals surface area contributed by atoms with E-state index in [2.05, 4.69) is 289 Å². The molecule has 4 heterocycles. The lowest BCUT2D eigenvalue weighted by Crippen LogP contribution is -2.35. The number of hydrogen-bond donors (Lipinski definition) is 1. The minimum Gasteiger partial charge on any atom is -0.355 e. The Hall–Kier alpha value is -7.38. The van der Waals surface area contributed by atoms with Gasteiger partial charge in [-0.1, -0.05) is 176 Å². The van der Waals surface area contributed by atoms with Crippen molar-refractivity contribution in [3.05, 3.63) is 203 Å². The second kappa shape index (κ2) is 17.8. The summed E-state index contributed by atoms with van der Waals surface area (Å²) in [6, 6.07) is 65.7. The topological polar surface area (TPSA) is 20.2 Å². The van der Waals surface area contributed by atoms with E-state index >= 15 is 0 Å². The number of thiophene rings is 2. The number of fused-ring (bicyclic) bond motifs is 13. The monoisotopic (exact) mass is 1090 g/mol. The highest BCUT2D eigenvalue weighted by atomic mass is 32.1. The van der Waals surface area contributed by atoms with Gasteiger partial charge in [0.2, 0.25) is 7.28 Å². The third-order valence-electron chi connectivity index (χ3n) is 17.9. The predicted octanol–water partition coefficient (Wildman–Crippen LogP) is 20.7. The third-order valence-corrected chi connectivity index (χ3v) is 20.1. The van der Waals surface area contributed by atoms with Crippen molar-refractivity contribution >= 4 is 121 Å². The third kappa shape index (κ3) is 8.32. The molecule has 0 amide bonds. The van der Waals surface area contributed by atoms with Gasteiger partial charge < -0.3 is 14.8 Å². The van der Waals surface area contributed by atoms with Crippen LogP contribution in [0.15, 0.2) is 170 Å². The minimum atomic E-state index is -0.321.